The van der Waals surface area contributed by atoms with Crippen LogP contribution in [0.2, 0.25) is 0 Å². The summed E-state index contributed by atoms with van der Waals surface area (Å²) in [5.74, 6) is -3.67. The monoisotopic (exact) mass is 1130 g/mol. The Morgan fingerprint density at radius 1 is 0.169 bits per heavy atom. The Hall–Kier alpha value is -1.57. The van der Waals surface area contributed by atoms with Gasteiger partial charge < -0.3 is 60.0 Å². The van der Waals surface area contributed by atoms with Gasteiger partial charge in [-0.05, 0) is 77.0 Å². The van der Waals surface area contributed by atoms with Crippen LogP contribution in [-0.4, -0.2) is 70.7 Å². The molecule has 0 heterocycles. The minimum Gasteiger partial charge on any atom is -0.550 e. The fourth-order valence-electron chi connectivity index (χ4n) is 9.30. The zero-order valence-corrected chi connectivity index (χ0v) is 51.5. The van der Waals surface area contributed by atoms with Crippen LogP contribution in [0.5, 0.6) is 0 Å². The van der Waals surface area contributed by atoms with Gasteiger partial charge in [0.15, 0.2) is 0 Å². The second-order valence-electron chi connectivity index (χ2n) is 21.8. The van der Waals surface area contributed by atoms with Gasteiger partial charge in [-0.2, -0.15) is 0 Å². The van der Waals surface area contributed by atoms with E-state index in [4.69, 9.17) is 20.4 Å². The summed E-state index contributed by atoms with van der Waals surface area (Å²) in [6.45, 7) is 1.35. The van der Waals surface area contributed by atoms with Crippen molar-refractivity contribution >= 4 is 23.9 Å². The third kappa shape index (κ3) is 100. The zero-order valence-electron chi connectivity index (χ0n) is 50.0. The molecule has 0 spiro atoms. The molecule has 0 saturated heterocycles. The fourth-order valence-corrected chi connectivity index (χ4v) is 9.30. The number of carbonyl (C=O) groups is 4. The second-order valence-corrected chi connectivity index (χ2v) is 21.8. The van der Waals surface area contributed by atoms with E-state index in [1.165, 1.54) is 231 Å². The van der Waals surface area contributed by atoms with Crippen LogP contribution in [0.3, 0.4) is 0 Å². The first-order chi connectivity index (χ1) is 37.1. The van der Waals surface area contributed by atoms with Crippen molar-refractivity contribution in [3.63, 3.8) is 0 Å². The standard InChI is InChI=1S/4C16H32O3.Ti/c4*17-15-13-11-9-7-5-3-1-2-4-6-8-10-12-14-16(18)19;/h4*17H,1-15H2,(H,18,19);/q;;;;+4/p-4. The molecule has 13 heteroatoms. The molecule has 4 N–H and O–H groups in total. The van der Waals surface area contributed by atoms with Crippen molar-refractivity contribution < 1.29 is 81.7 Å². The Bertz CT molecular complexity index is 945. The van der Waals surface area contributed by atoms with E-state index in [2.05, 4.69) is 0 Å². The van der Waals surface area contributed by atoms with E-state index < -0.39 is 23.9 Å². The number of carboxylic acids is 4. The summed E-state index contributed by atoms with van der Waals surface area (Å²) < 4.78 is 0. The van der Waals surface area contributed by atoms with E-state index in [-0.39, 0.29) is 47.4 Å². The number of hydrogen-bond acceptors (Lipinski definition) is 12. The van der Waals surface area contributed by atoms with E-state index in [0.29, 0.717) is 26.4 Å². The van der Waals surface area contributed by atoms with Crippen LogP contribution >= 0.6 is 0 Å². The molecule has 12 nitrogen and oxygen atoms in total. The molecule has 0 atom stereocenters. The Morgan fingerprint density at radius 3 is 0.325 bits per heavy atom. The number of hydrogen-bond donors (Lipinski definition) is 4. The SMILES string of the molecule is O=C([O-])CCCCCCCCCCCCCCCO.O=C([O-])CCCCCCCCCCCCCCCO.O=C([O-])CCCCCCCCCCCCCCCO.O=C([O-])CCCCCCCCCCCCCCCO.[Ti+4]. The molecule has 0 aliphatic rings. The first-order valence-corrected chi connectivity index (χ1v) is 32.3. The summed E-state index contributed by atoms with van der Waals surface area (Å²) in [4.78, 5) is 40.8. The van der Waals surface area contributed by atoms with Crippen LogP contribution in [0.15, 0.2) is 0 Å². The van der Waals surface area contributed by atoms with Crippen LogP contribution < -0.4 is 20.4 Å². The molecule has 0 aliphatic carbocycles. The molecule has 0 aromatic carbocycles. The largest absolute Gasteiger partial charge is 4.00 e. The summed E-state index contributed by atoms with van der Waals surface area (Å²) in [5.41, 5.74) is 0. The van der Waals surface area contributed by atoms with Crippen molar-refractivity contribution in [3.8, 4) is 0 Å². The Morgan fingerprint density at radius 2 is 0.247 bits per heavy atom. The molecule has 0 amide bonds. The van der Waals surface area contributed by atoms with E-state index in [1.807, 2.05) is 0 Å². The van der Waals surface area contributed by atoms with Crippen LogP contribution in [0.4, 0.5) is 0 Å². The predicted molar refractivity (Wildman–Crippen MR) is 307 cm³/mol. The van der Waals surface area contributed by atoms with E-state index in [0.717, 1.165) is 103 Å². The maximum atomic E-state index is 10.2. The number of aliphatic carboxylic acids is 4. The smallest absolute Gasteiger partial charge is 0.550 e. The van der Waals surface area contributed by atoms with Crippen molar-refractivity contribution in [1.29, 1.82) is 0 Å². The van der Waals surface area contributed by atoms with Crippen LogP contribution in [-0.2, 0) is 40.9 Å². The van der Waals surface area contributed by atoms with Gasteiger partial charge in [-0.3, -0.25) is 0 Å². The van der Waals surface area contributed by atoms with Gasteiger partial charge in [0.1, 0.15) is 0 Å². The van der Waals surface area contributed by atoms with Crippen molar-refractivity contribution in [2.75, 3.05) is 26.4 Å². The number of carbonyl (C=O) groups excluding carboxylic acids is 4. The predicted octanol–water partition coefficient (Wildman–Crippen LogP) is 12.8. The van der Waals surface area contributed by atoms with Gasteiger partial charge >= 0.3 is 21.7 Å². The molecule has 0 saturated carbocycles. The van der Waals surface area contributed by atoms with E-state index in [1.54, 1.807) is 0 Å². The minimum absolute atomic E-state index is 0. The number of aliphatic hydroxyl groups excluding tert-OH is 4. The molecule has 456 valence electrons. The average molecular weight is 1130 g/mol. The maximum absolute atomic E-state index is 10.2. The topological polar surface area (TPSA) is 241 Å². The Balaban J connectivity index is -0.000000298. The van der Waals surface area contributed by atoms with Crippen molar-refractivity contribution in [2.45, 2.75) is 360 Å². The van der Waals surface area contributed by atoms with Crippen molar-refractivity contribution in [2.24, 2.45) is 0 Å². The number of rotatable bonds is 60. The second kappa shape index (κ2) is 80.9. The van der Waals surface area contributed by atoms with Crippen molar-refractivity contribution in [3.05, 3.63) is 0 Å². The molecular weight excluding hydrogens is 1010 g/mol. The summed E-state index contributed by atoms with van der Waals surface area (Å²) in [6, 6.07) is 0. The molecule has 0 unspecified atom stereocenters. The Kier molecular flexibility index (Phi) is 88.5. The molecule has 0 bridgehead atoms. The molecule has 0 aromatic heterocycles. The van der Waals surface area contributed by atoms with Gasteiger partial charge in [0, 0.05) is 50.3 Å². The van der Waals surface area contributed by atoms with Gasteiger partial charge in [0.25, 0.3) is 0 Å². The summed E-state index contributed by atoms with van der Waals surface area (Å²) in [7, 11) is 0. The fraction of sp³-hybridized carbons (Fsp3) is 0.938. The van der Waals surface area contributed by atoms with Crippen LogP contribution in [0, 0.1) is 0 Å². The Labute approximate surface area is 489 Å². The molecule has 0 radical (unpaired) electrons. The quantitative estimate of drug-likeness (QED) is 0.0328. The van der Waals surface area contributed by atoms with Crippen molar-refractivity contribution in [1.82, 2.24) is 0 Å². The van der Waals surface area contributed by atoms with Gasteiger partial charge in [-0.15, -0.1) is 0 Å². The van der Waals surface area contributed by atoms with Gasteiger partial charge in [0.05, 0.1) is 0 Å². The van der Waals surface area contributed by atoms with E-state index >= 15 is 0 Å². The third-order valence-electron chi connectivity index (χ3n) is 14.2. The van der Waals surface area contributed by atoms with Crippen LogP contribution in [0.1, 0.15) is 360 Å². The molecule has 0 fully saturated rings. The third-order valence-corrected chi connectivity index (χ3v) is 14.2. The minimum atomic E-state index is -0.918. The average Bonchev–Trinajstić information content (AvgIpc) is 3.39. The molecule has 77 heavy (non-hydrogen) atoms. The summed E-state index contributed by atoms with van der Waals surface area (Å²) in [5, 5.41) is 75.3. The number of aliphatic hydroxyl groups is 4. The maximum Gasteiger partial charge on any atom is 4.00 e. The summed E-state index contributed by atoms with van der Waals surface area (Å²) >= 11 is 0. The molecular formula is C64H124O12Ti. The first kappa shape index (κ1) is 84.2. The van der Waals surface area contributed by atoms with Gasteiger partial charge in [-0.25, -0.2) is 0 Å². The van der Waals surface area contributed by atoms with E-state index in [9.17, 15) is 39.6 Å². The number of carboxylic acid groups (broad SMARTS) is 4. The normalized spacial score (nSPS) is 10.6. The molecule has 0 rings (SSSR count). The zero-order chi connectivity index (χ0) is 56.7. The number of unbranched alkanes of at least 4 members (excludes halogenated alkanes) is 48. The van der Waals surface area contributed by atoms with Crippen LogP contribution in [0.25, 0.3) is 0 Å². The molecule has 0 aromatic rings. The van der Waals surface area contributed by atoms with Gasteiger partial charge in [-0.1, -0.05) is 283 Å². The molecule has 0 aliphatic heterocycles. The summed E-state index contributed by atoms with van der Waals surface area (Å²) in [6.07, 6.45) is 62.9. The first-order valence-electron chi connectivity index (χ1n) is 32.3. The van der Waals surface area contributed by atoms with Gasteiger partial charge in [0.2, 0.25) is 0 Å².